The zero-order valence-corrected chi connectivity index (χ0v) is 16.1. The van der Waals surface area contributed by atoms with Crippen molar-refractivity contribution in [3.63, 3.8) is 0 Å². The zero-order chi connectivity index (χ0) is 19.0. The average Bonchev–Trinajstić information content (AvgIpc) is 3.09. The number of amides is 1. The Morgan fingerprint density at radius 3 is 2.57 bits per heavy atom. The molecular formula is C22H26N4O2. The lowest BCUT2D eigenvalue weighted by molar-refractivity contribution is 0.0104. The molecule has 5 rings (SSSR count). The van der Waals surface area contributed by atoms with Crippen LogP contribution < -0.4 is 0 Å². The number of hydrogen-bond acceptors (Lipinski definition) is 5. The van der Waals surface area contributed by atoms with Gasteiger partial charge in [-0.3, -0.25) is 9.69 Å². The number of nitrogens with zero attached hydrogens (tertiary/aromatic N) is 4. The van der Waals surface area contributed by atoms with Gasteiger partial charge in [-0.2, -0.15) is 10.2 Å². The predicted molar refractivity (Wildman–Crippen MR) is 105 cm³/mol. The van der Waals surface area contributed by atoms with Gasteiger partial charge in [-0.25, -0.2) is 0 Å². The van der Waals surface area contributed by atoms with E-state index in [4.69, 9.17) is 4.74 Å². The Morgan fingerprint density at radius 1 is 1.04 bits per heavy atom. The van der Waals surface area contributed by atoms with Crippen LogP contribution in [-0.4, -0.2) is 65.3 Å². The van der Waals surface area contributed by atoms with E-state index in [1.54, 1.807) is 18.5 Å². The van der Waals surface area contributed by atoms with Crippen LogP contribution in [0.5, 0.6) is 0 Å². The molecule has 2 fully saturated rings. The fraction of sp³-hybridized carbons (Fsp3) is 0.500. The minimum Gasteiger partial charge on any atom is -0.379 e. The fourth-order valence-corrected chi connectivity index (χ4v) is 5.29. The number of carbonyl (C=O) groups excluding carboxylic acids is 1. The molecule has 6 heteroatoms. The maximum Gasteiger partial charge on any atom is 0.255 e. The Kier molecular flexibility index (Phi) is 4.61. The fourth-order valence-electron chi connectivity index (χ4n) is 5.29. The summed E-state index contributed by atoms with van der Waals surface area (Å²) in [4.78, 5) is 17.4. The molecule has 2 saturated heterocycles. The Balaban J connectivity index is 1.36. The van der Waals surface area contributed by atoms with Crippen LogP contribution in [0.15, 0.2) is 42.7 Å². The summed E-state index contributed by atoms with van der Waals surface area (Å²) >= 11 is 0. The van der Waals surface area contributed by atoms with Gasteiger partial charge in [0.1, 0.15) is 0 Å². The van der Waals surface area contributed by atoms with Gasteiger partial charge in [0.2, 0.25) is 0 Å². The summed E-state index contributed by atoms with van der Waals surface area (Å²) in [6.07, 6.45) is 6.35. The largest absolute Gasteiger partial charge is 0.379 e. The highest BCUT2D eigenvalue weighted by molar-refractivity contribution is 5.93. The Labute approximate surface area is 165 Å². The number of likely N-dealkylation sites (tertiary alicyclic amines) is 1. The van der Waals surface area contributed by atoms with Gasteiger partial charge in [0.15, 0.2) is 0 Å². The van der Waals surface area contributed by atoms with E-state index in [0.29, 0.717) is 11.6 Å². The van der Waals surface area contributed by atoms with E-state index in [1.165, 1.54) is 11.1 Å². The maximum absolute atomic E-state index is 12.8. The number of morpholine rings is 1. The maximum atomic E-state index is 12.8. The van der Waals surface area contributed by atoms with Crippen molar-refractivity contribution < 1.29 is 9.53 Å². The third-order valence-corrected chi connectivity index (χ3v) is 6.80. The minimum atomic E-state index is 0.0701. The van der Waals surface area contributed by atoms with E-state index in [0.717, 1.165) is 58.7 Å². The third kappa shape index (κ3) is 3.01. The van der Waals surface area contributed by atoms with Crippen molar-refractivity contribution in [1.82, 2.24) is 20.0 Å². The van der Waals surface area contributed by atoms with Crippen molar-refractivity contribution in [1.29, 1.82) is 0 Å². The quantitative estimate of drug-likeness (QED) is 0.803. The lowest BCUT2D eigenvalue weighted by Gasteiger charge is -2.41. The number of hydrogen-bond donors (Lipinski definition) is 0. The highest BCUT2D eigenvalue weighted by atomic mass is 16.5. The molecule has 6 nitrogen and oxygen atoms in total. The lowest BCUT2D eigenvalue weighted by atomic mass is 9.73. The van der Waals surface area contributed by atoms with Crippen LogP contribution in [0.1, 0.15) is 46.8 Å². The van der Waals surface area contributed by atoms with Gasteiger partial charge >= 0.3 is 0 Å². The predicted octanol–water partition coefficient (Wildman–Crippen LogP) is 2.43. The monoisotopic (exact) mass is 378 g/mol. The van der Waals surface area contributed by atoms with Crippen LogP contribution in [0, 0.1) is 0 Å². The highest BCUT2D eigenvalue weighted by Gasteiger charge is 2.47. The molecule has 1 aromatic heterocycles. The first-order chi connectivity index (χ1) is 13.8. The van der Waals surface area contributed by atoms with E-state index in [-0.39, 0.29) is 11.3 Å². The topological polar surface area (TPSA) is 58.6 Å². The molecule has 28 heavy (non-hydrogen) atoms. The molecular weight excluding hydrogens is 352 g/mol. The zero-order valence-electron chi connectivity index (χ0n) is 16.1. The first-order valence-electron chi connectivity index (χ1n) is 10.2. The molecule has 0 N–H and O–H groups in total. The number of piperidine rings is 1. The standard InChI is InChI=1S/C22H26N4O2/c27-21(17-5-8-23-24-16-17)26-9-6-22(7-10-26)15-20(25-11-13-28-14-12-25)18-3-1-2-4-19(18)22/h1-5,8,16,20H,6-7,9-15H2. The summed E-state index contributed by atoms with van der Waals surface area (Å²) in [5, 5.41) is 7.62. The Morgan fingerprint density at radius 2 is 1.82 bits per heavy atom. The van der Waals surface area contributed by atoms with Gasteiger partial charge < -0.3 is 9.64 Å². The molecule has 3 aliphatic rings. The van der Waals surface area contributed by atoms with Gasteiger partial charge in [-0.1, -0.05) is 24.3 Å². The van der Waals surface area contributed by atoms with E-state index < -0.39 is 0 Å². The molecule has 1 aliphatic carbocycles. The molecule has 1 unspecified atom stereocenters. The second-order valence-corrected chi connectivity index (χ2v) is 8.16. The number of ether oxygens (including phenoxy) is 1. The summed E-state index contributed by atoms with van der Waals surface area (Å²) in [5.41, 5.74) is 3.81. The SMILES string of the molecule is O=C(c1ccnnc1)N1CCC2(CC1)CC(N1CCOCC1)c1ccccc12. The number of carbonyl (C=O) groups is 1. The molecule has 2 aromatic rings. The van der Waals surface area contributed by atoms with Crippen LogP contribution in [0.3, 0.4) is 0 Å². The lowest BCUT2D eigenvalue weighted by Crippen LogP contribution is -2.45. The summed E-state index contributed by atoms with van der Waals surface area (Å²) in [6, 6.07) is 11.2. The summed E-state index contributed by atoms with van der Waals surface area (Å²) < 4.78 is 5.57. The van der Waals surface area contributed by atoms with E-state index in [2.05, 4.69) is 39.4 Å². The average molecular weight is 378 g/mol. The third-order valence-electron chi connectivity index (χ3n) is 6.80. The number of benzene rings is 1. The summed E-state index contributed by atoms with van der Waals surface area (Å²) in [7, 11) is 0. The van der Waals surface area contributed by atoms with Gasteiger partial charge in [0.05, 0.1) is 31.2 Å². The van der Waals surface area contributed by atoms with Gasteiger partial charge in [-0.05, 0) is 36.5 Å². The molecule has 0 saturated carbocycles. The Hall–Kier alpha value is -2.31. The minimum absolute atomic E-state index is 0.0701. The molecule has 1 aromatic carbocycles. The molecule has 3 heterocycles. The highest BCUT2D eigenvalue weighted by Crippen LogP contribution is 2.52. The van der Waals surface area contributed by atoms with Gasteiger partial charge in [0, 0.05) is 37.6 Å². The molecule has 1 spiro atoms. The second kappa shape index (κ2) is 7.26. The molecule has 146 valence electrons. The normalized spacial score (nSPS) is 24.3. The van der Waals surface area contributed by atoms with Gasteiger partial charge in [-0.15, -0.1) is 0 Å². The van der Waals surface area contributed by atoms with Crippen LogP contribution in [0.25, 0.3) is 0 Å². The van der Waals surface area contributed by atoms with Crippen molar-refractivity contribution in [3.05, 3.63) is 59.4 Å². The van der Waals surface area contributed by atoms with Crippen LogP contribution in [0.4, 0.5) is 0 Å². The van der Waals surface area contributed by atoms with Crippen molar-refractivity contribution in [3.8, 4) is 0 Å². The molecule has 1 amide bonds. The van der Waals surface area contributed by atoms with Crippen molar-refractivity contribution in [2.45, 2.75) is 30.7 Å². The number of rotatable bonds is 2. The summed E-state index contributed by atoms with van der Waals surface area (Å²) in [6.45, 7) is 5.27. The van der Waals surface area contributed by atoms with E-state index in [1.807, 2.05) is 4.90 Å². The van der Waals surface area contributed by atoms with E-state index >= 15 is 0 Å². The Bertz CT molecular complexity index is 843. The molecule has 0 bridgehead atoms. The number of fused-ring (bicyclic) bond motifs is 2. The first kappa shape index (κ1) is 17.8. The van der Waals surface area contributed by atoms with Crippen LogP contribution in [0.2, 0.25) is 0 Å². The van der Waals surface area contributed by atoms with Gasteiger partial charge in [0.25, 0.3) is 5.91 Å². The van der Waals surface area contributed by atoms with Crippen LogP contribution >= 0.6 is 0 Å². The number of aromatic nitrogens is 2. The van der Waals surface area contributed by atoms with Crippen molar-refractivity contribution >= 4 is 5.91 Å². The molecule has 0 radical (unpaired) electrons. The van der Waals surface area contributed by atoms with Crippen molar-refractivity contribution in [2.24, 2.45) is 0 Å². The van der Waals surface area contributed by atoms with Crippen molar-refractivity contribution in [2.75, 3.05) is 39.4 Å². The smallest absolute Gasteiger partial charge is 0.255 e. The molecule has 2 aliphatic heterocycles. The first-order valence-corrected chi connectivity index (χ1v) is 10.2. The second-order valence-electron chi connectivity index (χ2n) is 8.16. The van der Waals surface area contributed by atoms with Crippen LogP contribution in [-0.2, 0) is 10.2 Å². The van der Waals surface area contributed by atoms with E-state index in [9.17, 15) is 4.79 Å². The molecule has 1 atom stereocenters. The summed E-state index contributed by atoms with van der Waals surface area (Å²) in [5.74, 6) is 0.0701.